The van der Waals surface area contributed by atoms with E-state index in [9.17, 15) is 4.79 Å². The summed E-state index contributed by atoms with van der Waals surface area (Å²) in [4.78, 5) is 20.9. The summed E-state index contributed by atoms with van der Waals surface area (Å²) >= 11 is 5.88. The van der Waals surface area contributed by atoms with Gasteiger partial charge in [-0.3, -0.25) is 9.48 Å². The Balaban J connectivity index is 1.38. The zero-order valence-electron chi connectivity index (χ0n) is 15.3. The molecule has 0 spiro atoms. The number of nitrogens with zero attached hydrogens (tertiary/aromatic N) is 5. The molecule has 1 N–H and O–H groups in total. The zero-order valence-corrected chi connectivity index (χ0v) is 16.1. The van der Waals surface area contributed by atoms with Crippen molar-refractivity contribution in [1.82, 2.24) is 24.9 Å². The first-order valence-electron chi connectivity index (χ1n) is 8.67. The molecule has 0 aliphatic heterocycles. The van der Waals surface area contributed by atoms with Crippen molar-refractivity contribution >= 4 is 34.2 Å². The first kappa shape index (κ1) is 18.1. The Kier molecular flexibility index (Phi) is 4.79. The molecule has 0 radical (unpaired) electrons. The summed E-state index contributed by atoms with van der Waals surface area (Å²) in [6, 6.07) is 9.01. The highest BCUT2D eigenvalue weighted by molar-refractivity contribution is 6.30. The Labute approximate surface area is 165 Å². The lowest BCUT2D eigenvalue weighted by molar-refractivity contribution is -0.116. The molecule has 28 heavy (non-hydrogen) atoms. The SMILES string of the molecule is Cc1nn(C)c2ncc(NC(=O)CCc3nc(-c4ccc(Cl)cc4)no3)cc12. The van der Waals surface area contributed by atoms with Gasteiger partial charge in [-0.1, -0.05) is 16.8 Å². The summed E-state index contributed by atoms with van der Waals surface area (Å²) in [5.41, 5.74) is 3.06. The van der Waals surface area contributed by atoms with Crippen LogP contribution in [-0.4, -0.2) is 30.8 Å². The summed E-state index contributed by atoms with van der Waals surface area (Å²) in [7, 11) is 1.84. The predicted octanol–water partition coefficient (Wildman–Crippen LogP) is 3.55. The Morgan fingerprint density at radius 1 is 1.29 bits per heavy atom. The van der Waals surface area contributed by atoms with E-state index in [-0.39, 0.29) is 12.3 Å². The molecular formula is C19H17ClN6O2. The van der Waals surface area contributed by atoms with E-state index in [1.807, 2.05) is 32.2 Å². The van der Waals surface area contributed by atoms with E-state index < -0.39 is 0 Å². The smallest absolute Gasteiger partial charge is 0.227 e. The quantitative estimate of drug-likeness (QED) is 0.553. The van der Waals surface area contributed by atoms with Gasteiger partial charge in [-0.15, -0.1) is 0 Å². The highest BCUT2D eigenvalue weighted by Gasteiger charge is 2.12. The van der Waals surface area contributed by atoms with Gasteiger partial charge in [0, 0.05) is 35.9 Å². The van der Waals surface area contributed by atoms with Gasteiger partial charge in [0.25, 0.3) is 0 Å². The van der Waals surface area contributed by atoms with Gasteiger partial charge in [0.15, 0.2) is 5.65 Å². The molecule has 0 aliphatic carbocycles. The van der Waals surface area contributed by atoms with Crippen LogP contribution < -0.4 is 5.32 Å². The standard InChI is InChI=1S/C19H17ClN6O2/c1-11-15-9-14(10-21-19(15)26(2)24-11)22-16(27)7-8-17-23-18(25-28-17)12-3-5-13(20)6-4-12/h3-6,9-10H,7-8H2,1-2H3,(H,22,27). The molecule has 0 saturated carbocycles. The molecule has 0 fully saturated rings. The van der Waals surface area contributed by atoms with Crippen LogP contribution >= 0.6 is 11.6 Å². The number of hydrogen-bond donors (Lipinski definition) is 1. The lowest BCUT2D eigenvalue weighted by Crippen LogP contribution is -2.12. The summed E-state index contributed by atoms with van der Waals surface area (Å²) in [6.07, 6.45) is 2.17. The van der Waals surface area contributed by atoms with Gasteiger partial charge in [0.05, 0.1) is 17.6 Å². The molecule has 9 heteroatoms. The number of anilines is 1. The van der Waals surface area contributed by atoms with Crippen LogP contribution in [-0.2, 0) is 18.3 Å². The fourth-order valence-electron chi connectivity index (χ4n) is 2.89. The number of fused-ring (bicyclic) bond motifs is 1. The first-order chi connectivity index (χ1) is 13.5. The van der Waals surface area contributed by atoms with E-state index in [0.29, 0.717) is 28.8 Å². The third-order valence-corrected chi connectivity index (χ3v) is 4.54. The Bertz CT molecular complexity index is 1150. The van der Waals surface area contributed by atoms with Crippen LogP contribution in [0, 0.1) is 6.92 Å². The largest absolute Gasteiger partial charge is 0.339 e. The van der Waals surface area contributed by atoms with Crippen LogP contribution in [0.25, 0.3) is 22.4 Å². The maximum absolute atomic E-state index is 12.3. The molecule has 0 saturated heterocycles. The van der Waals surface area contributed by atoms with Crippen LogP contribution in [0.2, 0.25) is 5.02 Å². The van der Waals surface area contributed by atoms with Crippen LogP contribution in [0.5, 0.6) is 0 Å². The van der Waals surface area contributed by atoms with Crippen molar-refractivity contribution < 1.29 is 9.32 Å². The van der Waals surface area contributed by atoms with Gasteiger partial charge in [0.2, 0.25) is 17.6 Å². The van der Waals surface area contributed by atoms with Gasteiger partial charge in [0.1, 0.15) is 0 Å². The van der Waals surface area contributed by atoms with Gasteiger partial charge < -0.3 is 9.84 Å². The topological polar surface area (TPSA) is 98.7 Å². The van der Waals surface area contributed by atoms with E-state index in [1.54, 1.807) is 23.0 Å². The Hall–Kier alpha value is -3.26. The number of carbonyl (C=O) groups is 1. The summed E-state index contributed by atoms with van der Waals surface area (Å²) < 4.78 is 6.94. The van der Waals surface area contributed by atoms with E-state index >= 15 is 0 Å². The molecule has 0 unspecified atom stereocenters. The molecule has 3 heterocycles. The number of nitrogens with one attached hydrogen (secondary N) is 1. The second kappa shape index (κ2) is 7.40. The maximum atomic E-state index is 12.3. The number of halogens is 1. The van der Waals surface area contributed by atoms with Crippen molar-refractivity contribution in [1.29, 1.82) is 0 Å². The minimum Gasteiger partial charge on any atom is -0.339 e. The number of carbonyl (C=O) groups excluding carboxylic acids is 1. The van der Waals surface area contributed by atoms with E-state index in [0.717, 1.165) is 22.3 Å². The van der Waals surface area contributed by atoms with E-state index in [2.05, 4.69) is 25.5 Å². The maximum Gasteiger partial charge on any atom is 0.227 e. The zero-order chi connectivity index (χ0) is 19.7. The van der Waals surface area contributed by atoms with Crippen LogP contribution in [0.15, 0.2) is 41.1 Å². The van der Waals surface area contributed by atoms with Crippen molar-refractivity contribution in [3.8, 4) is 11.4 Å². The molecule has 3 aromatic heterocycles. The van der Waals surface area contributed by atoms with E-state index in [1.165, 1.54) is 0 Å². The fourth-order valence-corrected chi connectivity index (χ4v) is 3.02. The lowest BCUT2D eigenvalue weighted by atomic mass is 10.2. The van der Waals surface area contributed by atoms with Gasteiger partial charge in [-0.05, 0) is 37.3 Å². The van der Waals surface area contributed by atoms with Gasteiger partial charge >= 0.3 is 0 Å². The summed E-state index contributed by atoms with van der Waals surface area (Å²) in [6.45, 7) is 1.91. The second-order valence-corrected chi connectivity index (χ2v) is 6.81. The molecule has 8 nitrogen and oxygen atoms in total. The third-order valence-electron chi connectivity index (χ3n) is 4.28. The monoisotopic (exact) mass is 396 g/mol. The third kappa shape index (κ3) is 3.72. The lowest BCUT2D eigenvalue weighted by Gasteiger charge is -2.04. The van der Waals surface area contributed by atoms with Crippen LogP contribution in [0.4, 0.5) is 5.69 Å². The van der Waals surface area contributed by atoms with Crippen molar-refractivity contribution in [3.63, 3.8) is 0 Å². The van der Waals surface area contributed by atoms with Crippen molar-refractivity contribution in [2.45, 2.75) is 19.8 Å². The molecular weight excluding hydrogens is 380 g/mol. The van der Waals surface area contributed by atoms with Gasteiger partial charge in [-0.2, -0.15) is 10.1 Å². The fraction of sp³-hybridized carbons (Fsp3) is 0.211. The van der Waals surface area contributed by atoms with Crippen LogP contribution in [0.1, 0.15) is 18.0 Å². The predicted molar refractivity (Wildman–Crippen MR) is 105 cm³/mol. The van der Waals surface area contributed by atoms with Gasteiger partial charge in [-0.25, -0.2) is 4.98 Å². The highest BCUT2D eigenvalue weighted by Crippen LogP contribution is 2.20. The number of aromatic nitrogens is 5. The number of benzene rings is 1. The molecule has 142 valence electrons. The molecule has 1 aromatic carbocycles. The minimum atomic E-state index is -0.158. The molecule has 4 aromatic rings. The first-order valence-corrected chi connectivity index (χ1v) is 9.05. The summed E-state index contributed by atoms with van der Waals surface area (Å²) in [5, 5.41) is 12.7. The molecule has 0 bridgehead atoms. The normalized spacial score (nSPS) is 11.1. The average Bonchev–Trinajstić information content (AvgIpc) is 3.26. The Morgan fingerprint density at radius 2 is 2.07 bits per heavy atom. The number of aryl methyl sites for hydroxylation is 3. The van der Waals surface area contributed by atoms with E-state index in [4.69, 9.17) is 16.1 Å². The number of hydrogen-bond acceptors (Lipinski definition) is 6. The molecule has 4 rings (SSSR count). The van der Waals surface area contributed by atoms with Crippen LogP contribution in [0.3, 0.4) is 0 Å². The second-order valence-electron chi connectivity index (χ2n) is 6.37. The van der Waals surface area contributed by atoms with Crippen molar-refractivity contribution in [3.05, 3.63) is 53.1 Å². The van der Waals surface area contributed by atoms with Crippen molar-refractivity contribution in [2.24, 2.45) is 7.05 Å². The molecule has 1 amide bonds. The highest BCUT2D eigenvalue weighted by atomic mass is 35.5. The van der Waals surface area contributed by atoms with Crippen molar-refractivity contribution in [2.75, 3.05) is 5.32 Å². The summed E-state index contributed by atoms with van der Waals surface area (Å²) in [5.74, 6) is 0.708. The minimum absolute atomic E-state index is 0.158. The number of pyridine rings is 1. The number of amides is 1. The average molecular weight is 397 g/mol. The molecule has 0 atom stereocenters. The molecule has 0 aliphatic rings. The number of rotatable bonds is 5. The Morgan fingerprint density at radius 3 is 2.86 bits per heavy atom.